The highest BCUT2D eigenvalue weighted by Crippen LogP contribution is 2.32. The Balaban J connectivity index is 1.54. The summed E-state index contributed by atoms with van der Waals surface area (Å²) in [5.74, 6) is -0.316. The molecule has 1 fully saturated rings. The lowest BCUT2D eigenvalue weighted by atomic mass is 10.0. The Morgan fingerprint density at radius 2 is 1.74 bits per heavy atom. The molecule has 2 aromatic carbocycles. The van der Waals surface area contributed by atoms with Crippen LogP contribution in [-0.4, -0.2) is 56.1 Å². The van der Waals surface area contributed by atoms with E-state index in [2.05, 4.69) is 27.1 Å². The highest BCUT2D eigenvalue weighted by Gasteiger charge is 2.19. The fraction of sp³-hybridized carbons (Fsp3) is 0.250. The van der Waals surface area contributed by atoms with Crippen LogP contribution >= 0.6 is 0 Å². The molecule has 1 aliphatic rings. The van der Waals surface area contributed by atoms with Gasteiger partial charge in [0.05, 0.1) is 18.4 Å². The summed E-state index contributed by atoms with van der Waals surface area (Å²) < 4.78 is 20.2. The number of nitrogens with one attached hydrogen (secondary N) is 1. The summed E-state index contributed by atoms with van der Waals surface area (Å²) in [6, 6.07) is 13.7. The Morgan fingerprint density at radius 3 is 2.42 bits per heavy atom. The van der Waals surface area contributed by atoms with E-state index in [9.17, 15) is 9.18 Å². The third-order valence-electron chi connectivity index (χ3n) is 5.51. The number of amides is 1. The Bertz CT molecular complexity index is 1070. The normalized spacial score (nSPS) is 14.4. The lowest BCUT2D eigenvalue weighted by Crippen LogP contribution is -2.44. The van der Waals surface area contributed by atoms with E-state index in [0.717, 1.165) is 43.2 Å². The number of aromatic nitrogens is 1. The van der Waals surface area contributed by atoms with E-state index >= 15 is 0 Å². The molecule has 1 amide bonds. The van der Waals surface area contributed by atoms with Crippen LogP contribution in [-0.2, 0) is 0 Å². The van der Waals surface area contributed by atoms with Gasteiger partial charge in [-0.2, -0.15) is 0 Å². The Labute approximate surface area is 181 Å². The van der Waals surface area contributed by atoms with Gasteiger partial charge in [0.1, 0.15) is 11.6 Å². The summed E-state index contributed by atoms with van der Waals surface area (Å²) in [4.78, 5) is 21.2. The molecule has 0 radical (unpaired) electrons. The number of piperazine rings is 1. The molecule has 4 rings (SSSR count). The van der Waals surface area contributed by atoms with Crippen molar-refractivity contribution in [3.63, 3.8) is 0 Å². The van der Waals surface area contributed by atoms with Gasteiger partial charge in [-0.25, -0.2) is 4.39 Å². The zero-order valence-corrected chi connectivity index (χ0v) is 17.6. The second-order valence-corrected chi connectivity index (χ2v) is 7.56. The van der Waals surface area contributed by atoms with Crippen molar-refractivity contribution in [1.82, 2.24) is 9.88 Å². The first-order valence-electron chi connectivity index (χ1n) is 10.2. The Morgan fingerprint density at radius 1 is 1.00 bits per heavy atom. The van der Waals surface area contributed by atoms with Crippen molar-refractivity contribution in [3.8, 4) is 16.9 Å². The lowest BCUT2D eigenvalue weighted by molar-refractivity contribution is 0.102. The largest absolute Gasteiger partial charge is 0.495 e. The van der Waals surface area contributed by atoms with Crippen molar-refractivity contribution < 1.29 is 13.9 Å². The second-order valence-electron chi connectivity index (χ2n) is 7.56. The number of methoxy groups -OCH3 is 1. The minimum absolute atomic E-state index is 0.00484. The number of carbonyl (C=O) groups is 1. The SMILES string of the molecule is COc1ccc(NC(=O)c2ccc(-c3ccncc3)cc2F)cc1N1CCN(C)CC1. The number of pyridine rings is 1. The number of rotatable bonds is 5. The van der Waals surface area contributed by atoms with Crippen LogP contribution in [0.1, 0.15) is 10.4 Å². The lowest BCUT2D eigenvalue weighted by Gasteiger charge is -2.34. The van der Waals surface area contributed by atoms with E-state index in [0.29, 0.717) is 11.3 Å². The van der Waals surface area contributed by atoms with Gasteiger partial charge in [0.25, 0.3) is 5.91 Å². The van der Waals surface area contributed by atoms with Gasteiger partial charge in [-0.15, -0.1) is 0 Å². The number of hydrogen-bond acceptors (Lipinski definition) is 5. The summed E-state index contributed by atoms with van der Waals surface area (Å²) in [5.41, 5.74) is 3.04. The van der Waals surface area contributed by atoms with E-state index in [-0.39, 0.29) is 5.56 Å². The van der Waals surface area contributed by atoms with Crippen LogP contribution in [0.2, 0.25) is 0 Å². The number of ether oxygens (including phenoxy) is 1. The number of likely N-dealkylation sites (N-methyl/N-ethyl adjacent to an activating group) is 1. The summed E-state index contributed by atoms with van der Waals surface area (Å²) in [6.45, 7) is 3.65. The zero-order chi connectivity index (χ0) is 21.8. The molecule has 0 unspecified atom stereocenters. The number of benzene rings is 2. The van der Waals surface area contributed by atoms with Gasteiger partial charge in [-0.05, 0) is 60.6 Å². The van der Waals surface area contributed by atoms with Crippen molar-refractivity contribution in [2.24, 2.45) is 0 Å². The van der Waals surface area contributed by atoms with Gasteiger partial charge in [0, 0.05) is 44.3 Å². The van der Waals surface area contributed by atoms with E-state index in [4.69, 9.17) is 4.74 Å². The first-order chi connectivity index (χ1) is 15.0. The van der Waals surface area contributed by atoms with E-state index in [1.165, 1.54) is 12.1 Å². The second kappa shape index (κ2) is 9.14. The molecular formula is C24H25FN4O2. The maximum absolute atomic E-state index is 14.7. The molecule has 1 aromatic heterocycles. The van der Waals surface area contributed by atoms with Crippen LogP contribution in [0.4, 0.5) is 15.8 Å². The van der Waals surface area contributed by atoms with Crippen molar-refractivity contribution in [2.75, 3.05) is 50.6 Å². The minimum Gasteiger partial charge on any atom is -0.495 e. The van der Waals surface area contributed by atoms with Crippen molar-refractivity contribution in [1.29, 1.82) is 0 Å². The third-order valence-corrected chi connectivity index (χ3v) is 5.51. The molecule has 0 bridgehead atoms. The molecule has 0 atom stereocenters. The van der Waals surface area contributed by atoms with Crippen molar-refractivity contribution in [2.45, 2.75) is 0 Å². The molecule has 1 N–H and O–H groups in total. The van der Waals surface area contributed by atoms with Gasteiger partial charge in [0.2, 0.25) is 0 Å². The quantitative estimate of drug-likeness (QED) is 0.679. The number of anilines is 2. The minimum atomic E-state index is -0.570. The molecule has 1 saturated heterocycles. The molecule has 31 heavy (non-hydrogen) atoms. The predicted molar refractivity (Wildman–Crippen MR) is 120 cm³/mol. The Hall–Kier alpha value is -3.45. The van der Waals surface area contributed by atoms with E-state index < -0.39 is 11.7 Å². The van der Waals surface area contributed by atoms with Crippen LogP contribution in [0.5, 0.6) is 5.75 Å². The van der Waals surface area contributed by atoms with Gasteiger partial charge in [0.15, 0.2) is 0 Å². The molecule has 3 aromatic rings. The summed E-state index contributed by atoms with van der Waals surface area (Å²) >= 11 is 0. The summed E-state index contributed by atoms with van der Waals surface area (Å²) in [5, 5.41) is 2.82. The molecule has 0 spiro atoms. The number of nitrogens with zero attached hydrogens (tertiary/aromatic N) is 3. The number of halogens is 1. The highest BCUT2D eigenvalue weighted by molar-refractivity contribution is 6.05. The van der Waals surface area contributed by atoms with Gasteiger partial charge in [-0.3, -0.25) is 9.78 Å². The maximum atomic E-state index is 14.7. The fourth-order valence-corrected chi connectivity index (χ4v) is 3.68. The topological polar surface area (TPSA) is 57.7 Å². The predicted octanol–water partition coefficient (Wildman–Crippen LogP) is 3.90. The standard InChI is InChI=1S/C24H25FN4O2/c1-28-11-13-29(14-12-28)22-16-19(4-6-23(22)31-2)27-24(30)20-5-3-18(15-21(20)25)17-7-9-26-10-8-17/h3-10,15-16H,11-14H2,1-2H3,(H,27,30). The van der Waals surface area contributed by atoms with Crippen LogP contribution in [0.3, 0.4) is 0 Å². The van der Waals surface area contributed by atoms with E-state index in [1.54, 1.807) is 43.8 Å². The smallest absolute Gasteiger partial charge is 0.258 e. The molecule has 0 saturated carbocycles. The van der Waals surface area contributed by atoms with Crippen molar-refractivity contribution >= 4 is 17.3 Å². The third kappa shape index (κ3) is 4.67. The number of carbonyl (C=O) groups excluding carboxylic acids is 1. The van der Waals surface area contributed by atoms with Gasteiger partial charge < -0.3 is 19.9 Å². The molecule has 160 valence electrons. The first kappa shape index (κ1) is 20.8. The average molecular weight is 420 g/mol. The monoisotopic (exact) mass is 420 g/mol. The van der Waals surface area contributed by atoms with Crippen LogP contribution in [0.15, 0.2) is 60.9 Å². The maximum Gasteiger partial charge on any atom is 0.258 e. The molecule has 6 nitrogen and oxygen atoms in total. The molecule has 7 heteroatoms. The zero-order valence-electron chi connectivity index (χ0n) is 17.6. The van der Waals surface area contributed by atoms with Crippen LogP contribution in [0.25, 0.3) is 11.1 Å². The average Bonchev–Trinajstić information content (AvgIpc) is 2.80. The summed E-state index contributed by atoms with van der Waals surface area (Å²) in [7, 11) is 3.73. The number of hydrogen-bond donors (Lipinski definition) is 1. The highest BCUT2D eigenvalue weighted by atomic mass is 19.1. The van der Waals surface area contributed by atoms with Gasteiger partial charge in [-0.1, -0.05) is 6.07 Å². The molecular weight excluding hydrogens is 395 g/mol. The van der Waals surface area contributed by atoms with Crippen LogP contribution in [0, 0.1) is 5.82 Å². The first-order valence-corrected chi connectivity index (χ1v) is 10.2. The molecule has 2 heterocycles. The fourth-order valence-electron chi connectivity index (χ4n) is 3.68. The summed E-state index contributed by atoms with van der Waals surface area (Å²) in [6.07, 6.45) is 3.30. The van der Waals surface area contributed by atoms with Crippen LogP contribution < -0.4 is 15.0 Å². The van der Waals surface area contributed by atoms with Crippen molar-refractivity contribution in [3.05, 3.63) is 72.3 Å². The molecule has 1 aliphatic heterocycles. The van der Waals surface area contributed by atoms with E-state index in [1.807, 2.05) is 12.1 Å². The van der Waals surface area contributed by atoms with Gasteiger partial charge >= 0.3 is 0 Å². The molecule has 0 aliphatic carbocycles. The Kier molecular flexibility index (Phi) is 6.13.